The Bertz CT molecular complexity index is 1470. The van der Waals surface area contributed by atoms with Crippen molar-refractivity contribution in [2.24, 2.45) is 5.10 Å². The van der Waals surface area contributed by atoms with Gasteiger partial charge in [-0.25, -0.2) is 9.80 Å². The molecule has 0 fully saturated rings. The molecule has 1 atom stereocenters. The first kappa shape index (κ1) is 22.0. The van der Waals surface area contributed by atoms with Crippen molar-refractivity contribution in [3.8, 4) is 5.75 Å². The Balaban J connectivity index is 1.52. The molecule has 1 unspecified atom stereocenters. The average molecular weight is 476 g/mol. The highest BCUT2D eigenvalue weighted by Crippen LogP contribution is 2.36. The predicted octanol–water partition coefficient (Wildman–Crippen LogP) is 4.94. The summed E-state index contributed by atoms with van der Waals surface area (Å²) in [6, 6.07) is 20.0. The summed E-state index contributed by atoms with van der Waals surface area (Å²) in [6.07, 6.45) is 0.488. The van der Waals surface area contributed by atoms with Gasteiger partial charge in [-0.3, -0.25) is 9.36 Å². The van der Waals surface area contributed by atoms with E-state index in [1.54, 1.807) is 19.2 Å². The summed E-state index contributed by atoms with van der Waals surface area (Å²) in [7, 11) is 1.61. The third-order valence-corrected chi connectivity index (χ3v) is 6.31. The number of hydrogen-bond acceptors (Lipinski definition) is 5. The maximum Gasteiger partial charge on any atom is 0.420 e. The van der Waals surface area contributed by atoms with E-state index in [9.17, 15) is 9.59 Å². The number of aromatic nitrogens is 1. The van der Waals surface area contributed by atoms with Gasteiger partial charge in [0.1, 0.15) is 12.3 Å². The quantitative estimate of drug-likeness (QED) is 0.409. The van der Waals surface area contributed by atoms with Crippen molar-refractivity contribution in [3.05, 3.63) is 99.0 Å². The van der Waals surface area contributed by atoms with Crippen LogP contribution in [-0.4, -0.2) is 28.3 Å². The van der Waals surface area contributed by atoms with Crippen LogP contribution in [0.15, 0.2) is 81.0 Å². The maximum absolute atomic E-state index is 13.5. The molecule has 3 aromatic carbocycles. The number of aryl methyl sites for hydroxylation is 1. The number of ether oxygens (including phenoxy) is 1. The van der Waals surface area contributed by atoms with E-state index in [0.717, 1.165) is 28.2 Å². The van der Waals surface area contributed by atoms with Gasteiger partial charge in [0.2, 0.25) is 0 Å². The molecule has 0 spiro atoms. The molecule has 4 aromatic rings. The molecule has 172 valence electrons. The van der Waals surface area contributed by atoms with Crippen LogP contribution in [0.4, 0.5) is 0 Å². The Labute approximate surface area is 200 Å². The number of nitrogens with zero attached hydrogens (tertiary/aromatic N) is 3. The van der Waals surface area contributed by atoms with Gasteiger partial charge >= 0.3 is 5.76 Å². The molecule has 0 N–H and O–H groups in total. The highest BCUT2D eigenvalue weighted by atomic mass is 35.5. The summed E-state index contributed by atoms with van der Waals surface area (Å²) in [4.78, 5) is 26.0. The van der Waals surface area contributed by atoms with E-state index < -0.39 is 11.8 Å². The van der Waals surface area contributed by atoms with Crippen molar-refractivity contribution in [1.29, 1.82) is 0 Å². The third kappa shape index (κ3) is 3.99. The minimum absolute atomic E-state index is 0.199. The maximum atomic E-state index is 13.5. The van der Waals surface area contributed by atoms with E-state index in [0.29, 0.717) is 22.5 Å². The standard InChI is InChI=1S/C26H22ClN3O4/c1-16-7-12-24-23(13-16)29(26(32)34-24)15-25(31)30-22(19-5-3-4-6-20(19)27)14-21(28-30)17-8-10-18(33-2)11-9-17/h3-13,22H,14-15H2,1-2H3. The number of rotatable bonds is 5. The zero-order chi connectivity index (χ0) is 23.8. The lowest BCUT2D eigenvalue weighted by Gasteiger charge is -2.23. The Hall–Kier alpha value is -3.84. The summed E-state index contributed by atoms with van der Waals surface area (Å²) >= 11 is 6.50. The molecule has 0 radical (unpaired) electrons. The van der Waals surface area contributed by atoms with E-state index >= 15 is 0 Å². The van der Waals surface area contributed by atoms with Crippen molar-refractivity contribution in [1.82, 2.24) is 9.58 Å². The first-order chi connectivity index (χ1) is 16.4. The molecule has 1 aromatic heterocycles. The SMILES string of the molecule is COc1ccc(C2=NN(C(=O)Cn3c(=O)oc4ccc(C)cc43)C(c3ccccc3Cl)C2)cc1. The fourth-order valence-corrected chi connectivity index (χ4v) is 4.48. The summed E-state index contributed by atoms with van der Waals surface area (Å²) in [6.45, 7) is 1.72. The van der Waals surface area contributed by atoms with Crippen LogP contribution in [0.25, 0.3) is 11.1 Å². The number of halogens is 1. The molecular formula is C26H22ClN3O4. The molecule has 0 aliphatic carbocycles. The number of benzene rings is 3. The lowest BCUT2D eigenvalue weighted by molar-refractivity contribution is -0.133. The molecule has 34 heavy (non-hydrogen) atoms. The molecule has 2 heterocycles. The van der Waals surface area contributed by atoms with Crippen LogP contribution in [0.5, 0.6) is 5.75 Å². The Morgan fingerprint density at radius 2 is 1.91 bits per heavy atom. The predicted molar refractivity (Wildman–Crippen MR) is 130 cm³/mol. The Morgan fingerprint density at radius 3 is 2.65 bits per heavy atom. The molecule has 1 amide bonds. The molecule has 0 saturated carbocycles. The third-order valence-electron chi connectivity index (χ3n) is 5.97. The van der Waals surface area contributed by atoms with Crippen molar-refractivity contribution in [2.45, 2.75) is 25.9 Å². The van der Waals surface area contributed by atoms with E-state index in [1.165, 1.54) is 9.58 Å². The smallest absolute Gasteiger partial charge is 0.420 e. The highest BCUT2D eigenvalue weighted by Gasteiger charge is 2.34. The average Bonchev–Trinajstić information content (AvgIpc) is 3.41. The zero-order valence-corrected chi connectivity index (χ0v) is 19.5. The topological polar surface area (TPSA) is 77.0 Å². The molecule has 5 rings (SSSR count). The number of hydrazone groups is 1. The van der Waals surface area contributed by atoms with E-state index in [4.69, 9.17) is 20.8 Å². The Kier molecular flexibility index (Phi) is 5.71. The molecule has 0 saturated heterocycles. The van der Waals surface area contributed by atoms with Gasteiger partial charge in [0.15, 0.2) is 5.58 Å². The molecule has 1 aliphatic heterocycles. The summed E-state index contributed by atoms with van der Waals surface area (Å²) in [5.41, 5.74) is 4.41. The normalized spacial score (nSPS) is 15.6. The molecule has 0 bridgehead atoms. The van der Waals surface area contributed by atoms with Crippen molar-refractivity contribution >= 4 is 34.3 Å². The second kappa shape index (κ2) is 8.83. The van der Waals surface area contributed by atoms with Crippen LogP contribution in [0.2, 0.25) is 5.02 Å². The number of carbonyl (C=O) groups is 1. The number of fused-ring (bicyclic) bond motifs is 1. The van der Waals surface area contributed by atoms with Gasteiger partial charge in [0, 0.05) is 11.4 Å². The number of carbonyl (C=O) groups excluding carboxylic acids is 1. The van der Waals surface area contributed by atoms with Crippen LogP contribution in [0.3, 0.4) is 0 Å². The number of oxazole rings is 1. The molecular weight excluding hydrogens is 454 g/mol. The van der Waals surface area contributed by atoms with Gasteiger partial charge in [-0.2, -0.15) is 5.10 Å². The fraction of sp³-hybridized carbons (Fsp3) is 0.192. The van der Waals surface area contributed by atoms with Gasteiger partial charge < -0.3 is 9.15 Å². The fourth-order valence-electron chi connectivity index (χ4n) is 4.22. The lowest BCUT2D eigenvalue weighted by atomic mass is 9.98. The number of methoxy groups -OCH3 is 1. The second-order valence-corrected chi connectivity index (χ2v) is 8.59. The van der Waals surface area contributed by atoms with Crippen LogP contribution in [0.1, 0.15) is 29.2 Å². The first-order valence-electron chi connectivity index (χ1n) is 10.8. The van der Waals surface area contributed by atoms with Crippen LogP contribution in [0, 0.1) is 6.92 Å². The number of amides is 1. The van der Waals surface area contributed by atoms with Crippen molar-refractivity contribution in [3.63, 3.8) is 0 Å². The van der Waals surface area contributed by atoms with E-state index in [1.807, 2.05) is 61.5 Å². The van der Waals surface area contributed by atoms with Crippen LogP contribution >= 0.6 is 11.6 Å². The van der Waals surface area contributed by atoms with Gasteiger partial charge in [-0.1, -0.05) is 35.9 Å². The second-order valence-electron chi connectivity index (χ2n) is 8.18. The Morgan fingerprint density at radius 1 is 1.15 bits per heavy atom. The minimum atomic E-state index is -0.582. The van der Waals surface area contributed by atoms with Gasteiger partial charge in [-0.05, 0) is 66.1 Å². The zero-order valence-electron chi connectivity index (χ0n) is 18.7. The van der Waals surface area contributed by atoms with Gasteiger partial charge in [-0.15, -0.1) is 0 Å². The number of hydrogen-bond donors (Lipinski definition) is 0. The summed E-state index contributed by atoms with van der Waals surface area (Å²) in [5, 5.41) is 6.66. The molecule has 1 aliphatic rings. The molecule has 7 nitrogen and oxygen atoms in total. The van der Waals surface area contributed by atoms with Gasteiger partial charge in [0.25, 0.3) is 5.91 Å². The summed E-state index contributed by atoms with van der Waals surface area (Å²) in [5.74, 6) is -0.180. The summed E-state index contributed by atoms with van der Waals surface area (Å²) < 4.78 is 11.9. The van der Waals surface area contributed by atoms with Crippen molar-refractivity contribution in [2.75, 3.05) is 7.11 Å². The molecule has 8 heteroatoms. The van der Waals surface area contributed by atoms with Crippen molar-refractivity contribution < 1.29 is 13.9 Å². The highest BCUT2D eigenvalue weighted by molar-refractivity contribution is 6.31. The van der Waals surface area contributed by atoms with Gasteiger partial charge in [0.05, 0.1) is 24.4 Å². The minimum Gasteiger partial charge on any atom is -0.497 e. The van der Waals surface area contributed by atoms with E-state index in [2.05, 4.69) is 5.10 Å². The monoisotopic (exact) mass is 475 g/mol. The largest absolute Gasteiger partial charge is 0.497 e. The van der Waals surface area contributed by atoms with E-state index in [-0.39, 0.29) is 12.5 Å². The lowest BCUT2D eigenvalue weighted by Crippen LogP contribution is -2.32. The van der Waals surface area contributed by atoms with Crippen LogP contribution < -0.4 is 10.5 Å². The van der Waals surface area contributed by atoms with Crippen LogP contribution in [-0.2, 0) is 11.3 Å². The first-order valence-corrected chi connectivity index (χ1v) is 11.2.